The van der Waals surface area contributed by atoms with Gasteiger partial charge in [-0.3, -0.25) is 10.6 Å². The first-order valence-electron chi connectivity index (χ1n) is 10.1. The van der Waals surface area contributed by atoms with Gasteiger partial charge in [0.1, 0.15) is 19.3 Å². The van der Waals surface area contributed by atoms with Gasteiger partial charge in [0.15, 0.2) is 11.5 Å². The lowest BCUT2D eigenvalue weighted by Gasteiger charge is -2.17. The summed E-state index contributed by atoms with van der Waals surface area (Å²) in [7, 11) is 1.00. The molecule has 3 rings (SSSR count). The normalized spacial score (nSPS) is 13.5. The van der Waals surface area contributed by atoms with Gasteiger partial charge in [-0.15, -0.1) is 0 Å². The van der Waals surface area contributed by atoms with Crippen LogP contribution in [0.2, 0.25) is 0 Å². The number of nitrogens with two attached hydrogens (primary N) is 1. The monoisotopic (exact) mass is 426 g/mol. The SMILES string of the molecule is CO.NNC(Cc1ccc(O)c(OCc2ccccc2)c1)C(=O)OCC1=CC=CCC1. The van der Waals surface area contributed by atoms with Crippen LogP contribution >= 0.6 is 0 Å². The van der Waals surface area contributed by atoms with Crippen LogP contribution in [0.5, 0.6) is 11.5 Å². The van der Waals surface area contributed by atoms with Crippen LogP contribution in [-0.2, 0) is 22.6 Å². The van der Waals surface area contributed by atoms with Gasteiger partial charge in [-0.2, -0.15) is 0 Å². The van der Waals surface area contributed by atoms with Gasteiger partial charge in [0.05, 0.1) is 0 Å². The number of aromatic hydroxyl groups is 1. The molecule has 7 nitrogen and oxygen atoms in total. The number of phenols is 1. The Morgan fingerprint density at radius 2 is 1.90 bits per heavy atom. The number of esters is 1. The van der Waals surface area contributed by atoms with Crippen molar-refractivity contribution in [3.63, 3.8) is 0 Å². The van der Waals surface area contributed by atoms with Crippen molar-refractivity contribution in [2.75, 3.05) is 13.7 Å². The molecule has 0 saturated carbocycles. The zero-order chi connectivity index (χ0) is 22.5. The first kappa shape index (κ1) is 24.1. The molecule has 0 fully saturated rings. The van der Waals surface area contributed by atoms with Crippen molar-refractivity contribution in [2.24, 2.45) is 5.84 Å². The summed E-state index contributed by atoms with van der Waals surface area (Å²) in [5, 5.41) is 17.1. The Morgan fingerprint density at radius 3 is 2.58 bits per heavy atom. The lowest BCUT2D eigenvalue weighted by atomic mass is 10.1. The molecule has 1 aliphatic carbocycles. The number of aliphatic hydroxyl groups is 1. The Kier molecular flexibility index (Phi) is 10.3. The summed E-state index contributed by atoms with van der Waals surface area (Å²) in [5.41, 5.74) is 5.39. The average molecular weight is 427 g/mol. The Labute approximate surface area is 182 Å². The summed E-state index contributed by atoms with van der Waals surface area (Å²) >= 11 is 0. The van der Waals surface area contributed by atoms with E-state index < -0.39 is 12.0 Å². The van der Waals surface area contributed by atoms with Crippen molar-refractivity contribution >= 4 is 5.97 Å². The minimum atomic E-state index is -0.693. The smallest absolute Gasteiger partial charge is 0.325 e. The second-order valence-corrected chi connectivity index (χ2v) is 6.90. The van der Waals surface area contributed by atoms with Gasteiger partial charge in [-0.05, 0) is 48.1 Å². The number of aliphatic hydroxyl groups excluding tert-OH is 1. The van der Waals surface area contributed by atoms with Gasteiger partial charge in [0.25, 0.3) is 0 Å². The number of ether oxygens (including phenoxy) is 2. The molecule has 0 aliphatic heterocycles. The van der Waals surface area contributed by atoms with Crippen LogP contribution < -0.4 is 16.0 Å². The molecule has 1 aliphatic rings. The molecular formula is C24H30N2O5. The number of carbonyl (C=O) groups is 1. The van der Waals surface area contributed by atoms with Crippen LogP contribution in [-0.4, -0.2) is 35.9 Å². The van der Waals surface area contributed by atoms with E-state index in [2.05, 4.69) is 11.5 Å². The first-order valence-corrected chi connectivity index (χ1v) is 10.1. The zero-order valence-electron chi connectivity index (χ0n) is 17.7. The minimum Gasteiger partial charge on any atom is -0.504 e. The van der Waals surface area contributed by atoms with E-state index in [1.165, 1.54) is 0 Å². The highest BCUT2D eigenvalue weighted by Gasteiger charge is 2.20. The first-order chi connectivity index (χ1) is 15.2. The lowest BCUT2D eigenvalue weighted by molar-refractivity contribution is -0.145. The highest BCUT2D eigenvalue weighted by molar-refractivity contribution is 5.76. The van der Waals surface area contributed by atoms with E-state index in [0.717, 1.165) is 36.7 Å². The highest BCUT2D eigenvalue weighted by atomic mass is 16.5. The van der Waals surface area contributed by atoms with Gasteiger partial charge in [-0.25, -0.2) is 5.43 Å². The summed E-state index contributed by atoms with van der Waals surface area (Å²) < 4.78 is 11.1. The third kappa shape index (κ3) is 7.90. The summed E-state index contributed by atoms with van der Waals surface area (Å²) in [6, 6.07) is 14.0. The molecule has 1 unspecified atom stereocenters. The number of nitrogens with one attached hydrogen (secondary N) is 1. The van der Waals surface area contributed by atoms with E-state index in [9.17, 15) is 9.90 Å². The van der Waals surface area contributed by atoms with Gasteiger partial charge in [0.2, 0.25) is 0 Å². The van der Waals surface area contributed by atoms with Crippen LogP contribution in [0.4, 0.5) is 0 Å². The number of hydrazine groups is 1. The zero-order valence-corrected chi connectivity index (χ0v) is 17.7. The number of phenolic OH excluding ortho intramolecular Hbond substituents is 1. The highest BCUT2D eigenvalue weighted by Crippen LogP contribution is 2.28. The number of hydrogen-bond donors (Lipinski definition) is 4. The number of hydrogen-bond acceptors (Lipinski definition) is 7. The molecule has 1 atom stereocenters. The second-order valence-electron chi connectivity index (χ2n) is 6.90. The molecule has 0 bridgehead atoms. The quantitative estimate of drug-likeness (QED) is 0.277. The van der Waals surface area contributed by atoms with Crippen LogP contribution in [0.1, 0.15) is 24.0 Å². The number of benzene rings is 2. The molecule has 0 heterocycles. The second kappa shape index (κ2) is 13.2. The number of allylic oxidation sites excluding steroid dienone is 3. The molecular weight excluding hydrogens is 396 g/mol. The van der Waals surface area contributed by atoms with E-state index in [4.69, 9.17) is 20.4 Å². The van der Waals surface area contributed by atoms with E-state index in [1.807, 2.05) is 42.5 Å². The van der Waals surface area contributed by atoms with Crippen molar-refractivity contribution in [3.05, 3.63) is 83.5 Å². The largest absolute Gasteiger partial charge is 0.504 e. The molecule has 31 heavy (non-hydrogen) atoms. The van der Waals surface area contributed by atoms with Crippen LogP contribution in [0.25, 0.3) is 0 Å². The van der Waals surface area contributed by atoms with Gasteiger partial charge < -0.3 is 19.7 Å². The molecule has 5 N–H and O–H groups in total. The van der Waals surface area contributed by atoms with Crippen molar-refractivity contribution in [1.29, 1.82) is 0 Å². The molecule has 2 aromatic carbocycles. The van der Waals surface area contributed by atoms with E-state index >= 15 is 0 Å². The Morgan fingerprint density at radius 1 is 1.13 bits per heavy atom. The maximum atomic E-state index is 12.4. The summed E-state index contributed by atoms with van der Waals surface area (Å²) in [6.45, 7) is 0.602. The van der Waals surface area contributed by atoms with Gasteiger partial charge >= 0.3 is 5.97 Å². The molecule has 166 valence electrons. The Bertz CT molecular complexity index is 881. The molecule has 2 aromatic rings. The van der Waals surface area contributed by atoms with Crippen LogP contribution in [0.15, 0.2) is 72.3 Å². The lowest BCUT2D eigenvalue weighted by Crippen LogP contribution is -2.44. The molecule has 0 saturated heterocycles. The van der Waals surface area contributed by atoms with Crippen molar-refractivity contribution in [1.82, 2.24) is 5.43 Å². The van der Waals surface area contributed by atoms with Gasteiger partial charge in [-0.1, -0.05) is 54.6 Å². The fourth-order valence-corrected chi connectivity index (χ4v) is 3.02. The third-order valence-corrected chi connectivity index (χ3v) is 4.69. The van der Waals surface area contributed by atoms with Crippen molar-refractivity contribution in [3.8, 4) is 11.5 Å². The maximum Gasteiger partial charge on any atom is 0.325 e. The van der Waals surface area contributed by atoms with Gasteiger partial charge in [0, 0.05) is 7.11 Å². The fraction of sp³-hybridized carbons (Fsp3) is 0.292. The molecule has 0 radical (unpaired) electrons. The predicted octanol–water partition coefficient (Wildman–Crippen LogP) is 2.77. The van der Waals surface area contributed by atoms with Crippen LogP contribution in [0, 0.1) is 0 Å². The van der Waals surface area contributed by atoms with E-state index in [-0.39, 0.29) is 12.4 Å². The summed E-state index contributed by atoms with van der Waals surface area (Å²) in [5.74, 6) is 5.56. The molecule has 0 aromatic heterocycles. The predicted molar refractivity (Wildman–Crippen MR) is 119 cm³/mol. The summed E-state index contributed by atoms with van der Waals surface area (Å²) in [6.07, 6.45) is 8.19. The van der Waals surface area contributed by atoms with E-state index in [1.54, 1.807) is 18.2 Å². The Hall–Kier alpha value is -3.13. The molecule has 0 spiro atoms. The van der Waals surface area contributed by atoms with Crippen molar-refractivity contribution in [2.45, 2.75) is 31.9 Å². The maximum absolute atomic E-state index is 12.4. The minimum absolute atomic E-state index is 0.0433. The van der Waals surface area contributed by atoms with E-state index in [0.29, 0.717) is 18.8 Å². The summed E-state index contributed by atoms with van der Waals surface area (Å²) in [4.78, 5) is 12.4. The topological polar surface area (TPSA) is 114 Å². The number of carbonyl (C=O) groups excluding carboxylic acids is 1. The standard InChI is InChI=1S/C23H26N2O4.CH4O/c24-25-20(23(27)29-16-18-9-5-2-6-10-18)13-19-11-12-21(26)22(14-19)28-15-17-7-3-1-4-8-17;1-2/h1-5,7-9,11-12,14,20,25-26H,6,10,13,15-16,24H2;2H,1H3. The molecule has 7 heteroatoms. The average Bonchev–Trinajstić information content (AvgIpc) is 2.83. The molecule has 0 amide bonds. The number of rotatable bonds is 9. The van der Waals surface area contributed by atoms with Crippen LogP contribution in [0.3, 0.4) is 0 Å². The fourth-order valence-electron chi connectivity index (χ4n) is 3.02. The van der Waals surface area contributed by atoms with Crippen molar-refractivity contribution < 1.29 is 24.5 Å². The Balaban J connectivity index is 0.00000166. The third-order valence-electron chi connectivity index (χ3n) is 4.69.